The smallest absolute Gasteiger partial charge is 0.227 e. The average Bonchev–Trinajstić information content (AvgIpc) is 3.31. The van der Waals surface area contributed by atoms with E-state index in [-0.39, 0.29) is 28.9 Å². The Morgan fingerprint density at radius 1 is 1.43 bits per heavy atom. The van der Waals surface area contributed by atoms with Crippen molar-refractivity contribution in [2.45, 2.75) is 37.9 Å². The number of benzene rings is 1. The van der Waals surface area contributed by atoms with Gasteiger partial charge in [-0.05, 0) is 37.0 Å². The van der Waals surface area contributed by atoms with Crippen molar-refractivity contribution in [2.24, 2.45) is 5.92 Å². The Morgan fingerprint density at radius 2 is 2.25 bits per heavy atom. The predicted octanol–water partition coefficient (Wildman–Crippen LogP) is 3.49. The monoisotopic (exact) mass is 406 g/mol. The molecular weight excluding hydrogens is 383 g/mol. The molecule has 0 bridgehead atoms. The number of nitrogens with zero attached hydrogens (tertiary/aromatic N) is 3. The molecule has 150 valence electrons. The van der Waals surface area contributed by atoms with E-state index in [2.05, 4.69) is 15.3 Å². The number of hydrogen-bond donors (Lipinski definition) is 1. The van der Waals surface area contributed by atoms with E-state index in [1.54, 1.807) is 25.4 Å². The third-order valence-corrected chi connectivity index (χ3v) is 5.72. The molecule has 0 unspecified atom stereocenters. The fraction of sp³-hybridized carbons (Fsp3) is 0.500. The van der Waals surface area contributed by atoms with Crippen LogP contribution in [-0.4, -0.2) is 46.9 Å². The molecule has 2 atom stereocenters. The third kappa shape index (κ3) is 4.37. The minimum absolute atomic E-state index is 0.0815. The number of amides is 1. The molecular formula is C20H24ClFN4O2. The number of hydrogen-bond acceptors (Lipinski definition) is 4. The van der Waals surface area contributed by atoms with Crippen LogP contribution in [0.3, 0.4) is 0 Å². The van der Waals surface area contributed by atoms with Gasteiger partial charge in [0.15, 0.2) is 0 Å². The van der Waals surface area contributed by atoms with Crippen LogP contribution >= 0.6 is 11.6 Å². The lowest BCUT2D eigenvalue weighted by Gasteiger charge is -2.23. The summed E-state index contributed by atoms with van der Waals surface area (Å²) in [6.07, 6.45) is 6.44. The van der Waals surface area contributed by atoms with E-state index in [9.17, 15) is 9.18 Å². The molecule has 2 aromatic rings. The third-order valence-electron chi connectivity index (χ3n) is 5.43. The van der Waals surface area contributed by atoms with Crippen LogP contribution in [0.5, 0.6) is 0 Å². The van der Waals surface area contributed by atoms with Crippen LogP contribution in [0.1, 0.15) is 30.9 Å². The minimum atomic E-state index is -0.407. The summed E-state index contributed by atoms with van der Waals surface area (Å²) < 4.78 is 20.7. The molecule has 28 heavy (non-hydrogen) atoms. The van der Waals surface area contributed by atoms with E-state index in [0.717, 1.165) is 37.1 Å². The van der Waals surface area contributed by atoms with Gasteiger partial charge in [0.05, 0.1) is 29.6 Å². The fourth-order valence-corrected chi connectivity index (χ4v) is 3.98. The Labute approximate surface area is 168 Å². The molecule has 2 fully saturated rings. The largest absolute Gasteiger partial charge is 0.383 e. The van der Waals surface area contributed by atoms with E-state index in [1.807, 2.05) is 10.9 Å². The Kier molecular flexibility index (Phi) is 5.66. The lowest BCUT2D eigenvalue weighted by atomic mass is 10.1. The summed E-state index contributed by atoms with van der Waals surface area (Å²) in [5.41, 5.74) is 1.70. The molecule has 0 radical (unpaired) electrons. The van der Waals surface area contributed by atoms with Crippen molar-refractivity contribution in [2.75, 3.05) is 25.6 Å². The van der Waals surface area contributed by atoms with Gasteiger partial charge in [-0.3, -0.25) is 14.4 Å². The Balaban J connectivity index is 1.43. The summed E-state index contributed by atoms with van der Waals surface area (Å²) in [5, 5.41) is 7.53. The zero-order valence-electron chi connectivity index (χ0n) is 15.8. The maximum absolute atomic E-state index is 13.4. The number of ether oxygens (including phenoxy) is 1. The first-order chi connectivity index (χ1) is 13.5. The molecule has 1 amide bonds. The molecule has 8 heteroatoms. The topological polar surface area (TPSA) is 59.4 Å². The SMILES string of the molecule is COC[C@@H]1C[C@H](n2cc(NC(=O)C3CC3)cn2)CN1Cc1ccc(F)c(Cl)c1. The summed E-state index contributed by atoms with van der Waals surface area (Å²) in [7, 11) is 1.69. The van der Waals surface area contributed by atoms with Crippen molar-refractivity contribution in [3.63, 3.8) is 0 Å². The molecule has 1 aliphatic heterocycles. The summed E-state index contributed by atoms with van der Waals surface area (Å²) in [6, 6.07) is 5.25. The number of carbonyl (C=O) groups excluding carboxylic acids is 1. The van der Waals surface area contributed by atoms with E-state index >= 15 is 0 Å². The van der Waals surface area contributed by atoms with E-state index in [4.69, 9.17) is 16.3 Å². The quantitative estimate of drug-likeness (QED) is 0.764. The van der Waals surface area contributed by atoms with E-state index in [1.165, 1.54) is 6.07 Å². The highest BCUT2D eigenvalue weighted by molar-refractivity contribution is 6.30. The summed E-state index contributed by atoms with van der Waals surface area (Å²) in [4.78, 5) is 14.2. The van der Waals surface area contributed by atoms with Gasteiger partial charge in [-0.15, -0.1) is 0 Å². The van der Waals surface area contributed by atoms with E-state index < -0.39 is 5.82 Å². The normalized spacial score (nSPS) is 22.5. The van der Waals surface area contributed by atoms with Gasteiger partial charge in [0, 0.05) is 38.4 Å². The Bertz CT molecular complexity index is 854. The van der Waals surface area contributed by atoms with Crippen LogP contribution in [0.4, 0.5) is 10.1 Å². The number of methoxy groups -OCH3 is 1. The number of nitrogens with one attached hydrogen (secondary N) is 1. The Morgan fingerprint density at radius 3 is 2.96 bits per heavy atom. The first-order valence-corrected chi connectivity index (χ1v) is 9.93. The predicted molar refractivity (Wildman–Crippen MR) is 105 cm³/mol. The molecule has 2 aliphatic rings. The number of rotatable bonds is 7. The molecule has 1 saturated heterocycles. The van der Waals surface area contributed by atoms with Crippen LogP contribution < -0.4 is 5.32 Å². The van der Waals surface area contributed by atoms with Crippen molar-refractivity contribution in [3.05, 3.63) is 47.0 Å². The van der Waals surface area contributed by atoms with Gasteiger partial charge in [0.2, 0.25) is 5.91 Å². The molecule has 4 rings (SSSR count). The average molecular weight is 407 g/mol. The minimum Gasteiger partial charge on any atom is -0.383 e. The van der Waals surface area contributed by atoms with Crippen molar-refractivity contribution >= 4 is 23.2 Å². The second-order valence-corrected chi connectivity index (χ2v) is 8.06. The maximum Gasteiger partial charge on any atom is 0.227 e. The van der Waals surface area contributed by atoms with Crippen LogP contribution in [0.25, 0.3) is 0 Å². The van der Waals surface area contributed by atoms with Crippen molar-refractivity contribution in [1.82, 2.24) is 14.7 Å². The highest BCUT2D eigenvalue weighted by Crippen LogP contribution is 2.32. The molecule has 1 N–H and O–H groups in total. The highest BCUT2D eigenvalue weighted by atomic mass is 35.5. The number of likely N-dealkylation sites (tertiary alicyclic amines) is 1. The number of anilines is 1. The molecule has 6 nitrogen and oxygen atoms in total. The Hall–Kier alpha value is -1.96. The van der Waals surface area contributed by atoms with Crippen LogP contribution in [-0.2, 0) is 16.1 Å². The second-order valence-electron chi connectivity index (χ2n) is 7.65. The molecule has 1 aromatic carbocycles. The van der Waals surface area contributed by atoms with Crippen LogP contribution in [0.15, 0.2) is 30.6 Å². The van der Waals surface area contributed by atoms with Crippen LogP contribution in [0.2, 0.25) is 5.02 Å². The van der Waals surface area contributed by atoms with Gasteiger partial charge in [-0.1, -0.05) is 17.7 Å². The van der Waals surface area contributed by atoms with Crippen LogP contribution in [0, 0.1) is 11.7 Å². The first kappa shape index (κ1) is 19.4. The summed E-state index contributed by atoms with van der Waals surface area (Å²) in [6.45, 7) is 2.07. The number of carbonyl (C=O) groups is 1. The molecule has 2 heterocycles. The summed E-state index contributed by atoms with van der Waals surface area (Å²) >= 11 is 5.93. The molecule has 1 aliphatic carbocycles. The second kappa shape index (κ2) is 8.19. The zero-order chi connectivity index (χ0) is 19.7. The van der Waals surface area contributed by atoms with Gasteiger partial charge in [-0.25, -0.2) is 4.39 Å². The summed E-state index contributed by atoms with van der Waals surface area (Å²) in [5.74, 6) is -0.160. The van der Waals surface area contributed by atoms with Crippen molar-refractivity contribution in [3.8, 4) is 0 Å². The van der Waals surface area contributed by atoms with Crippen molar-refractivity contribution in [1.29, 1.82) is 0 Å². The number of aromatic nitrogens is 2. The maximum atomic E-state index is 13.4. The van der Waals surface area contributed by atoms with Gasteiger partial charge in [0.1, 0.15) is 5.82 Å². The van der Waals surface area contributed by atoms with Gasteiger partial charge < -0.3 is 10.1 Å². The van der Waals surface area contributed by atoms with Gasteiger partial charge >= 0.3 is 0 Å². The highest BCUT2D eigenvalue weighted by Gasteiger charge is 2.34. The number of halogens is 2. The zero-order valence-corrected chi connectivity index (χ0v) is 16.5. The molecule has 0 spiro atoms. The standard InChI is InChI=1S/C20H24ClFN4O2/c1-28-12-17-7-16(11-25(17)9-13-2-5-19(22)18(21)6-13)26-10-15(8-23-26)24-20(27)14-3-4-14/h2,5-6,8,10,14,16-17H,3-4,7,9,11-12H2,1H3,(H,24,27)/t16-,17-/m0/s1. The molecule has 1 saturated carbocycles. The van der Waals surface area contributed by atoms with E-state index in [0.29, 0.717) is 13.2 Å². The van der Waals surface area contributed by atoms with Gasteiger partial charge in [0.25, 0.3) is 0 Å². The van der Waals surface area contributed by atoms with Gasteiger partial charge in [-0.2, -0.15) is 5.10 Å². The lowest BCUT2D eigenvalue weighted by molar-refractivity contribution is -0.117. The fourth-order valence-electron chi connectivity index (χ4n) is 3.77. The lowest BCUT2D eigenvalue weighted by Crippen LogP contribution is -2.32. The first-order valence-electron chi connectivity index (χ1n) is 9.55. The molecule has 1 aromatic heterocycles. The van der Waals surface area contributed by atoms with Crippen molar-refractivity contribution < 1.29 is 13.9 Å².